The smallest absolute Gasteiger partial charge is 0.380 e. The summed E-state index contributed by atoms with van der Waals surface area (Å²) >= 11 is 0. The number of aliphatic hydroxyl groups is 1. The second-order valence-corrected chi connectivity index (χ2v) is 4.76. The molecule has 0 aromatic heterocycles. The van der Waals surface area contributed by atoms with E-state index in [1.165, 1.54) is 0 Å². The quantitative estimate of drug-likeness (QED) is 0.817. The van der Waals surface area contributed by atoms with Gasteiger partial charge in [-0.1, -0.05) is 6.92 Å². The Hall–Kier alpha value is -0.290. The molecule has 1 heterocycles. The van der Waals surface area contributed by atoms with Gasteiger partial charge in [-0.05, 0) is 51.7 Å². The molecule has 1 rings (SSSR count). The van der Waals surface area contributed by atoms with E-state index in [9.17, 15) is 18.3 Å². The van der Waals surface area contributed by atoms with Gasteiger partial charge in [-0.25, -0.2) is 0 Å². The van der Waals surface area contributed by atoms with Gasteiger partial charge in [0.2, 0.25) is 0 Å². The SMILES string of the molecule is CCCN1CCC(C(C)(O)C(F)(F)F)CC1. The minimum Gasteiger partial charge on any atom is -0.380 e. The highest BCUT2D eigenvalue weighted by Crippen LogP contribution is 2.40. The van der Waals surface area contributed by atoms with Crippen LogP contribution in [0.3, 0.4) is 0 Å². The zero-order chi connectivity index (χ0) is 12.4. The average molecular weight is 239 g/mol. The first-order chi connectivity index (χ1) is 7.29. The van der Waals surface area contributed by atoms with Gasteiger partial charge in [0.05, 0.1) is 0 Å². The molecule has 1 saturated heterocycles. The maximum absolute atomic E-state index is 12.6. The molecule has 0 aromatic rings. The fourth-order valence-electron chi connectivity index (χ4n) is 2.27. The Morgan fingerprint density at radius 3 is 2.12 bits per heavy atom. The highest BCUT2D eigenvalue weighted by Gasteiger charge is 2.54. The molecule has 1 unspecified atom stereocenters. The Labute approximate surface area is 94.4 Å². The van der Waals surface area contributed by atoms with Crippen molar-refractivity contribution in [3.63, 3.8) is 0 Å². The summed E-state index contributed by atoms with van der Waals surface area (Å²) in [4.78, 5) is 2.16. The summed E-state index contributed by atoms with van der Waals surface area (Å²) in [6, 6.07) is 0. The van der Waals surface area contributed by atoms with Crippen LogP contribution in [0.4, 0.5) is 13.2 Å². The van der Waals surface area contributed by atoms with Crippen LogP contribution in [-0.2, 0) is 0 Å². The average Bonchev–Trinajstić information content (AvgIpc) is 2.17. The van der Waals surface area contributed by atoms with Gasteiger partial charge in [0.1, 0.15) is 0 Å². The number of likely N-dealkylation sites (tertiary alicyclic amines) is 1. The van der Waals surface area contributed by atoms with Gasteiger partial charge in [-0.3, -0.25) is 0 Å². The normalized spacial score (nSPS) is 24.4. The van der Waals surface area contributed by atoms with Crippen LogP contribution in [0.15, 0.2) is 0 Å². The van der Waals surface area contributed by atoms with Crippen LogP contribution in [0, 0.1) is 5.92 Å². The van der Waals surface area contributed by atoms with E-state index in [4.69, 9.17) is 0 Å². The Balaban J connectivity index is 2.53. The molecule has 1 aliphatic heterocycles. The van der Waals surface area contributed by atoms with Crippen molar-refractivity contribution in [2.45, 2.75) is 44.9 Å². The minimum absolute atomic E-state index is 0.423. The highest BCUT2D eigenvalue weighted by atomic mass is 19.4. The predicted octanol–water partition coefficient (Wildman–Crippen LogP) is 2.42. The highest BCUT2D eigenvalue weighted by molar-refractivity contribution is 4.91. The van der Waals surface area contributed by atoms with Gasteiger partial charge < -0.3 is 10.0 Å². The summed E-state index contributed by atoms with van der Waals surface area (Å²) in [6.45, 7) is 5.20. The summed E-state index contributed by atoms with van der Waals surface area (Å²) in [5.41, 5.74) is -2.54. The first-order valence-corrected chi connectivity index (χ1v) is 5.80. The molecule has 0 radical (unpaired) electrons. The summed E-state index contributed by atoms with van der Waals surface area (Å²) in [7, 11) is 0. The lowest BCUT2D eigenvalue weighted by molar-refractivity contribution is -0.275. The van der Waals surface area contributed by atoms with Gasteiger partial charge in [-0.2, -0.15) is 13.2 Å². The molecule has 2 nitrogen and oxygen atoms in total. The van der Waals surface area contributed by atoms with Crippen molar-refractivity contribution in [1.29, 1.82) is 0 Å². The van der Waals surface area contributed by atoms with Crippen molar-refractivity contribution in [2.24, 2.45) is 5.92 Å². The molecule has 0 saturated carbocycles. The first kappa shape index (κ1) is 13.8. The number of nitrogens with zero attached hydrogens (tertiary/aromatic N) is 1. The van der Waals surface area contributed by atoms with E-state index >= 15 is 0 Å². The lowest BCUT2D eigenvalue weighted by Crippen LogP contribution is -2.52. The Kier molecular flexibility index (Phi) is 4.23. The van der Waals surface area contributed by atoms with Crippen molar-refractivity contribution < 1.29 is 18.3 Å². The molecule has 1 aliphatic rings. The number of alkyl halides is 3. The largest absolute Gasteiger partial charge is 0.417 e. The fraction of sp³-hybridized carbons (Fsp3) is 1.00. The molecule has 1 atom stereocenters. The van der Waals surface area contributed by atoms with Gasteiger partial charge in [0.25, 0.3) is 0 Å². The van der Waals surface area contributed by atoms with Crippen LogP contribution < -0.4 is 0 Å². The van der Waals surface area contributed by atoms with E-state index in [2.05, 4.69) is 11.8 Å². The van der Waals surface area contributed by atoms with Crippen LogP contribution in [0.2, 0.25) is 0 Å². The van der Waals surface area contributed by atoms with Crippen molar-refractivity contribution in [3.8, 4) is 0 Å². The molecule has 5 heteroatoms. The van der Waals surface area contributed by atoms with Crippen LogP contribution in [0.1, 0.15) is 33.1 Å². The van der Waals surface area contributed by atoms with Gasteiger partial charge in [0, 0.05) is 0 Å². The van der Waals surface area contributed by atoms with Gasteiger partial charge in [-0.15, -0.1) is 0 Å². The second-order valence-electron chi connectivity index (χ2n) is 4.76. The number of halogens is 3. The maximum atomic E-state index is 12.6. The van der Waals surface area contributed by atoms with E-state index in [0.29, 0.717) is 25.9 Å². The van der Waals surface area contributed by atoms with E-state index in [1.807, 2.05) is 0 Å². The van der Waals surface area contributed by atoms with Crippen molar-refractivity contribution in [3.05, 3.63) is 0 Å². The monoisotopic (exact) mass is 239 g/mol. The van der Waals surface area contributed by atoms with Crippen LogP contribution in [0.5, 0.6) is 0 Å². The lowest BCUT2D eigenvalue weighted by Gasteiger charge is -2.40. The van der Waals surface area contributed by atoms with E-state index in [0.717, 1.165) is 19.9 Å². The number of piperidine rings is 1. The molecule has 16 heavy (non-hydrogen) atoms. The van der Waals surface area contributed by atoms with E-state index < -0.39 is 17.7 Å². The number of rotatable bonds is 3. The molecule has 0 amide bonds. The van der Waals surface area contributed by atoms with E-state index in [1.54, 1.807) is 0 Å². The molecule has 0 spiro atoms. The number of hydrogen-bond acceptors (Lipinski definition) is 2. The van der Waals surface area contributed by atoms with Gasteiger partial charge in [0.15, 0.2) is 5.60 Å². The minimum atomic E-state index is -4.52. The predicted molar refractivity (Wildman–Crippen MR) is 56.1 cm³/mol. The van der Waals surface area contributed by atoms with Crippen LogP contribution in [0.25, 0.3) is 0 Å². The third-order valence-electron chi connectivity index (χ3n) is 3.50. The molecular weight excluding hydrogens is 219 g/mol. The van der Waals surface area contributed by atoms with Crippen molar-refractivity contribution in [2.75, 3.05) is 19.6 Å². The zero-order valence-corrected chi connectivity index (χ0v) is 9.85. The molecule has 1 fully saturated rings. The van der Waals surface area contributed by atoms with Crippen molar-refractivity contribution >= 4 is 0 Å². The van der Waals surface area contributed by atoms with Crippen molar-refractivity contribution in [1.82, 2.24) is 4.90 Å². The Morgan fingerprint density at radius 1 is 1.25 bits per heavy atom. The molecule has 96 valence electrons. The zero-order valence-electron chi connectivity index (χ0n) is 9.85. The third kappa shape index (κ3) is 2.88. The third-order valence-corrected chi connectivity index (χ3v) is 3.50. The Bertz CT molecular complexity index is 220. The molecule has 0 aromatic carbocycles. The summed E-state index contributed by atoms with van der Waals surface area (Å²) in [6.07, 6.45) is -2.66. The summed E-state index contributed by atoms with van der Waals surface area (Å²) in [5.74, 6) is -0.666. The molecule has 1 N–H and O–H groups in total. The van der Waals surface area contributed by atoms with Crippen LogP contribution in [-0.4, -0.2) is 41.4 Å². The summed E-state index contributed by atoms with van der Waals surface area (Å²) < 4.78 is 37.8. The van der Waals surface area contributed by atoms with Gasteiger partial charge >= 0.3 is 6.18 Å². The lowest BCUT2D eigenvalue weighted by atomic mass is 9.81. The molecule has 0 bridgehead atoms. The number of hydrogen-bond donors (Lipinski definition) is 1. The second kappa shape index (κ2) is 4.92. The van der Waals surface area contributed by atoms with Crippen LogP contribution >= 0.6 is 0 Å². The van der Waals surface area contributed by atoms with E-state index in [-0.39, 0.29) is 0 Å². The maximum Gasteiger partial charge on any atom is 0.417 e. The first-order valence-electron chi connectivity index (χ1n) is 5.80. The standard InChI is InChI=1S/C11H20F3NO/c1-3-6-15-7-4-9(5-8-15)10(2,16)11(12,13)14/h9,16H,3-8H2,1-2H3. The molecular formula is C11H20F3NO. The molecule has 0 aliphatic carbocycles. The fourth-order valence-corrected chi connectivity index (χ4v) is 2.27. The summed E-state index contributed by atoms with van der Waals surface area (Å²) in [5, 5.41) is 9.55. The topological polar surface area (TPSA) is 23.5 Å². The Morgan fingerprint density at radius 2 is 1.75 bits per heavy atom.